The minimum atomic E-state index is -0.438. The van der Waals surface area contributed by atoms with Gasteiger partial charge in [0, 0.05) is 35.4 Å². The third kappa shape index (κ3) is 7.02. The maximum Gasteiger partial charge on any atom is 0.322 e. The number of aromatic nitrogens is 2. The van der Waals surface area contributed by atoms with E-state index in [4.69, 9.17) is 4.74 Å². The van der Waals surface area contributed by atoms with Crippen LogP contribution in [-0.2, 0) is 9.53 Å². The van der Waals surface area contributed by atoms with Gasteiger partial charge < -0.3 is 20.3 Å². The van der Waals surface area contributed by atoms with E-state index in [0.717, 1.165) is 10.0 Å². The second-order valence-corrected chi connectivity index (χ2v) is 8.98. The van der Waals surface area contributed by atoms with Crippen LogP contribution in [0.1, 0.15) is 0 Å². The van der Waals surface area contributed by atoms with Crippen LogP contribution >= 0.6 is 15.9 Å². The van der Waals surface area contributed by atoms with E-state index in [1.807, 2.05) is 42.5 Å². The number of carbonyl (C=O) groups excluding carboxylic acids is 2. The predicted octanol–water partition coefficient (Wildman–Crippen LogP) is 5.56. The van der Waals surface area contributed by atoms with Gasteiger partial charge in [-0.15, -0.1) is 0 Å². The highest BCUT2D eigenvalue weighted by Crippen LogP contribution is 2.25. The Balaban J connectivity index is 1.54. The smallest absolute Gasteiger partial charge is 0.322 e. The van der Waals surface area contributed by atoms with E-state index in [1.165, 1.54) is 28.8 Å². The van der Waals surface area contributed by atoms with Gasteiger partial charge in [-0.25, -0.2) is 13.9 Å². The molecule has 0 saturated carbocycles. The van der Waals surface area contributed by atoms with Crippen LogP contribution < -0.4 is 10.6 Å². The van der Waals surface area contributed by atoms with Gasteiger partial charge >= 0.3 is 6.03 Å². The molecule has 3 aromatic carbocycles. The number of anilines is 2. The van der Waals surface area contributed by atoms with Crippen LogP contribution in [0.4, 0.5) is 20.7 Å². The van der Waals surface area contributed by atoms with Crippen LogP contribution in [0.5, 0.6) is 0 Å². The molecule has 190 valence electrons. The number of carbonyl (C=O) groups is 2. The molecule has 0 spiro atoms. The number of benzene rings is 3. The first-order valence-corrected chi connectivity index (χ1v) is 12.2. The SMILES string of the molecule is COCCN(CC(=O)Nc1cc(-c2ccccc2)nn1-c1ccc(F)cc1)C(=O)Nc1ccc(Br)cc1. The molecule has 10 heteroatoms. The molecule has 1 aromatic heterocycles. The lowest BCUT2D eigenvalue weighted by atomic mass is 10.1. The normalized spacial score (nSPS) is 10.7. The lowest BCUT2D eigenvalue weighted by Gasteiger charge is -2.22. The zero-order valence-electron chi connectivity index (χ0n) is 20.0. The molecule has 0 atom stereocenters. The molecule has 2 N–H and O–H groups in total. The van der Waals surface area contributed by atoms with Crippen molar-refractivity contribution in [3.8, 4) is 16.9 Å². The predicted molar refractivity (Wildman–Crippen MR) is 144 cm³/mol. The van der Waals surface area contributed by atoms with Crippen LogP contribution in [0.3, 0.4) is 0 Å². The minimum absolute atomic E-state index is 0.207. The van der Waals surface area contributed by atoms with Crippen LogP contribution in [0.2, 0.25) is 0 Å². The molecular weight excluding hydrogens is 541 g/mol. The van der Waals surface area contributed by atoms with Crippen LogP contribution in [0.15, 0.2) is 89.4 Å². The highest BCUT2D eigenvalue weighted by Gasteiger charge is 2.20. The Morgan fingerprint density at radius 3 is 2.38 bits per heavy atom. The molecule has 1 heterocycles. The molecule has 0 aliphatic carbocycles. The largest absolute Gasteiger partial charge is 0.383 e. The van der Waals surface area contributed by atoms with Crippen molar-refractivity contribution in [2.75, 3.05) is 37.4 Å². The summed E-state index contributed by atoms with van der Waals surface area (Å²) in [6.45, 7) is 0.243. The average Bonchev–Trinajstić information content (AvgIpc) is 3.32. The van der Waals surface area contributed by atoms with Crippen molar-refractivity contribution in [1.82, 2.24) is 14.7 Å². The van der Waals surface area contributed by atoms with E-state index in [1.54, 1.807) is 30.3 Å². The third-order valence-corrected chi connectivity index (χ3v) is 5.93. The quantitative estimate of drug-likeness (QED) is 0.278. The van der Waals surface area contributed by atoms with Crippen molar-refractivity contribution in [3.63, 3.8) is 0 Å². The van der Waals surface area contributed by atoms with Gasteiger partial charge in [-0.2, -0.15) is 5.10 Å². The lowest BCUT2D eigenvalue weighted by Crippen LogP contribution is -2.42. The zero-order valence-corrected chi connectivity index (χ0v) is 21.6. The maximum atomic E-state index is 13.5. The number of hydrogen-bond donors (Lipinski definition) is 2. The Morgan fingerprint density at radius 2 is 1.70 bits per heavy atom. The summed E-state index contributed by atoms with van der Waals surface area (Å²) in [6.07, 6.45) is 0. The van der Waals surface area contributed by atoms with Crippen LogP contribution in [0.25, 0.3) is 16.9 Å². The molecule has 4 rings (SSSR count). The molecule has 0 unspecified atom stereocenters. The molecule has 0 saturated heterocycles. The van der Waals surface area contributed by atoms with Gasteiger partial charge in [-0.05, 0) is 48.5 Å². The first-order chi connectivity index (χ1) is 17.9. The number of rotatable bonds is 9. The van der Waals surface area contributed by atoms with Gasteiger partial charge in [0.2, 0.25) is 5.91 Å². The number of halogens is 2. The molecule has 8 nitrogen and oxygen atoms in total. The monoisotopic (exact) mass is 565 g/mol. The molecule has 0 aliphatic rings. The highest BCUT2D eigenvalue weighted by atomic mass is 79.9. The van der Waals surface area contributed by atoms with Gasteiger partial charge in [0.05, 0.1) is 18.0 Å². The standard InChI is InChI=1S/C27H25BrFN5O3/c1-37-16-15-33(27(36)30-22-11-7-20(28)8-12-22)18-26(35)31-25-17-24(19-5-3-2-4-6-19)32-34(25)23-13-9-21(29)10-14-23/h2-14,17H,15-16,18H2,1H3,(H,30,36)(H,31,35). The molecule has 0 radical (unpaired) electrons. The molecule has 4 aromatic rings. The van der Waals surface area contributed by atoms with E-state index < -0.39 is 11.9 Å². The summed E-state index contributed by atoms with van der Waals surface area (Å²) in [5, 5.41) is 10.3. The first kappa shape index (κ1) is 26.1. The second-order valence-electron chi connectivity index (χ2n) is 8.07. The lowest BCUT2D eigenvalue weighted by molar-refractivity contribution is -0.116. The fourth-order valence-corrected chi connectivity index (χ4v) is 3.81. The van der Waals surface area contributed by atoms with Crippen molar-refractivity contribution < 1.29 is 18.7 Å². The molecule has 0 bridgehead atoms. The van der Waals surface area contributed by atoms with Gasteiger partial charge in [0.1, 0.15) is 18.2 Å². The number of hydrogen-bond acceptors (Lipinski definition) is 4. The number of nitrogens with one attached hydrogen (secondary N) is 2. The number of ether oxygens (including phenoxy) is 1. The summed E-state index contributed by atoms with van der Waals surface area (Å²) in [5.74, 6) is -0.421. The maximum absolute atomic E-state index is 13.5. The van der Waals surface area contributed by atoms with E-state index in [9.17, 15) is 14.0 Å². The van der Waals surface area contributed by atoms with Crippen molar-refractivity contribution in [3.05, 3.63) is 95.2 Å². The van der Waals surface area contributed by atoms with Gasteiger partial charge in [0.25, 0.3) is 0 Å². The summed E-state index contributed by atoms with van der Waals surface area (Å²) >= 11 is 3.36. The zero-order chi connectivity index (χ0) is 26.2. The molecule has 3 amide bonds. The van der Waals surface area contributed by atoms with Crippen LogP contribution in [0, 0.1) is 5.82 Å². The van der Waals surface area contributed by atoms with Crippen molar-refractivity contribution in [2.45, 2.75) is 0 Å². The van der Waals surface area contributed by atoms with E-state index >= 15 is 0 Å². The number of amides is 3. The second kappa shape index (κ2) is 12.3. The topological polar surface area (TPSA) is 88.5 Å². The molecule has 0 aliphatic heterocycles. The van der Waals surface area contributed by atoms with Gasteiger partial charge in [-0.1, -0.05) is 46.3 Å². The van der Waals surface area contributed by atoms with E-state index in [-0.39, 0.29) is 25.5 Å². The summed E-state index contributed by atoms with van der Waals surface area (Å²) in [5.41, 5.74) is 2.65. The summed E-state index contributed by atoms with van der Waals surface area (Å²) in [6, 6.07) is 23.7. The number of nitrogens with zero attached hydrogens (tertiary/aromatic N) is 3. The summed E-state index contributed by atoms with van der Waals surface area (Å²) in [7, 11) is 1.53. The van der Waals surface area contributed by atoms with E-state index in [2.05, 4.69) is 31.7 Å². The van der Waals surface area contributed by atoms with Crippen LogP contribution in [-0.4, -0.2) is 53.4 Å². The molecular formula is C27H25BrFN5O3. The molecule has 37 heavy (non-hydrogen) atoms. The Hall–Kier alpha value is -4.02. The summed E-state index contributed by atoms with van der Waals surface area (Å²) < 4.78 is 21.1. The number of urea groups is 1. The Labute approximate surface area is 222 Å². The summed E-state index contributed by atoms with van der Waals surface area (Å²) in [4.78, 5) is 27.4. The fourth-order valence-electron chi connectivity index (χ4n) is 3.54. The van der Waals surface area contributed by atoms with Crippen molar-refractivity contribution >= 4 is 39.4 Å². The van der Waals surface area contributed by atoms with Crippen molar-refractivity contribution in [2.24, 2.45) is 0 Å². The Morgan fingerprint density at radius 1 is 1.00 bits per heavy atom. The fraction of sp³-hybridized carbons (Fsp3) is 0.148. The van der Waals surface area contributed by atoms with Gasteiger partial charge in [-0.3, -0.25) is 4.79 Å². The van der Waals surface area contributed by atoms with E-state index in [0.29, 0.717) is 22.9 Å². The first-order valence-electron chi connectivity index (χ1n) is 11.4. The van der Waals surface area contributed by atoms with Crippen molar-refractivity contribution in [1.29, 1.82) is 0 Å². The Bertz CT molecular complexity index is 1340. The number of methoxy groups -OCH3 is 1. The third-order valence-electron chi connectivity index (χ3n) is 5.40. The average molecular weight is 566 g/mol. The molecule has 0 fully saturated rings. The van der Waals surface area contributed by atoms with Gasteiger partial charge in [0.15, 0.2) is 0 Å². The highest BCUT2D eigenvalue weighted by molar-refractivity contribution is 9.10. The Kier molecular flexibility index (Phi) is 8.65. The minimum Gasteiger partial charge on any atom is -0.383 e.